The van der Waals surface area contributed by atoms with Gasteiger partial charge in [-0.25, -0.2) is 4.79 Å². The standard InChI is InChI=1S/C20H23NO5/c1-12-7-6-8-16(13(12)2)21-19(22)11-26-20(23)15-9-17(24-4)14(3)18(10-15)25-5/h6-10H,11H2,1-5H3,(H,21,22). The lowest BCUT2D eigenvalue weighted by atomic mass is 10.1. The summed E-state index contributed by atoms with van der Waals surface area (Å²) in [4.78, 5) is 24.3. The maximum atomic E-state index is 12.3. The van der Waals surface area contributed by atoms with Gasteiger partial charge in [-0.2, -0.15) is 0 Å². The maximum absolute atomic E-state index is 12.3. The van der Waals surface area contributed by atoms with E-state index in [2.05, 4.69) is 5.32 Å². The molecule has 0 aromatic heterocycles. The minimum atomic E-state index is -0.627. The number of carbonyl (C=O) groups excluding carboxylic acids is 2. The Kier molecular flexibility index (Phi) is 6.22. The van der Waals surface area contributed by atoms with Crippen LogP contribution in [0, 0.1) is 20.8 Å². The number of nitrogens with one attached hydrogen (secondary N) is 1. The number of carbonyl (C=O) groups is 2. The second kappa shape index (κ2) is 8.38. The summed E-state index contributed by atoms with van der Waals surface area (Å²) < 4.78 is 15.6. The van der Waals surface area contributed by atoms with Crippen molar-refractivity contribution in [2.24, 2.45) is 0 Å². The Hall–Kier alpha value is -3.02. The normalized spacial score (nSPS) is 10.2. The second-order valence-corrected chi connectivity index (χ2v) is 5.88. The lowest BCUT2D eigenvalue weighted by molar-refractivity contribution is -0.119. The highest BCUT2D eigenvalue weighted by Gasteiger charge is 2.16. The monoisotopic (exact) mass is 357 g/mol. The molecule has 1 amide bonds. The van der Waals surface area contributed by atoms with Crippen molar-refractivity contribution in [3.63, 3.8) is 0 Å². The summed E-state index contributed by atoms with van der Waals surface area (Å²) in [6.07, 6.45) is 0. The van der Waals surface area contributed by atoms with E-state index in [0.29, 0.717) is 17.2 Å². The molecule has 0 heterocycles. The third kappa shape index (κ3) is 4.33. The second-order valence-electron chi connectivity index (χ2n) is 5.88. The first kappa shape index (κ1) is 19.3. The van der Waals surface area contributed by atoms with Gasteiger partial charge in [0.15, 0.2) is 6.61 Å². The molecule has 0 aliphatic carbocycles. The third-order valence-electron chi connectivity index (χ3n) is 4.20. The van der Waals surface area contributed by atoms with Gasteiger partial charge >= 0.3 is 5.97 Å². The Labute approximate surface area is 153 Å². The Morgan fingerprint density at radius 2 is 1.58 bits per heavy atom. The molecule has 0 aliphatic rings. The molecule has 2 aromatic rings. The van der Waals surface area contributed by atoms with Crippen molar-refractivity contribution in [3.05, 3.63) is 52.6 Å². The van der Waals surface area contributed by atoms with Gasteiger partial charge in [0.2, 0.25) is 0 Å². The highest BCUT2D eigenvalue weighted by Crippen LogP contribution is 2.29. The van der Waals surface area contributed by atoms with Crippen LogP contribution >= 0.6 is 0 Å². The van der Waals surface area contributed by atoms with E-state index in [9.17, 15) is 9.59 Å². The van der Waals surface area contributed by atoms with E-state index >= 15 is 0 Å². The molecule has 0 aliphatic heterocycles. The van der Waals surface area contributed by atoms with Gasteiger partial charge in [-0.1, -0.05) is 12.1 Å². The number of amides is 1. The van der Waals surface area contributed by atoms with Crippen LogP contribution < -0.4 is 14.8 Å². The molecular weight excluding hydrogens is 334 g/mol. The predicted octanol–water partition coefficient (Wildman–Crippen LogP) is 3.42. The Balaban J connectivity index is 2.04. The van der Waals surface area contributed by atoms with Crippen LogP contribution in [0.5, 0.6) is 11.5 Å². The summed E-state index contributed by atoms with van der Waals surface area (Å²) in [5, 5.41) is 2.75. The van der Waals surface area contributed by atoms with E-state index in [1.807, 2.05) is 32.9 Å². The summed E-state index contributed by atoms with van der Waals surface area (Å²) in [7, 11) is 3.02. The first-order valence-electron chi connectivity index (χ1n) is 8.13. The molecule has 2 rings (SSSR count). The molecule has 26 heavy (non-hydrogen) atoms. The third-order valence-corrected chi connectivity index (χ3v) is 4.20. The lowest BCUT2D eigenvalue weighted by Crippen LogP contribution is -2.21. The lowest BCUT2D eigenvalue weighted by Gasteiger charge is -2.13. The van der Waals surface area contributed by atoms with Crippen LogP contribution in [0.1, 0.15) is 27.0 Å². The van der Waals surface area contributed by atoms with E-state index in [-0.39, 0.29) is 12.2 Å². The number of methoxy groups -OCH3 is 2. The predicted molar refractivity (Wildman–Crippen MR) is 99.1 cm³/mol. The fourth-order valence-corrected chi connectivity index (χ4v) is 2.49. The zero-order chi connectivity index (χ0) is 19.3. The van der Waals surface area contributed by atoms with Crippen molar-refractivity contribution in [1.29, 1.82) is 0 Å². The highest BCUT2D eigenvalue weighted by atomic mass is 16.5. The van der Waals surface area contributed by atoms with Gasteiger partial charge in [0.05, 0.1) is 19.8 Å². The van der Waals surface area contributed by atoms with Crippen LogP contribution in [0.2, 0.25) is 0 Å². The van der Waals surface area contributed by atoms with E-state index < -0.39 is 11.9 Å². The van der Waals surface area contributed by atoms with Gasteiger partial charge in [-0.15, -0.1) is 0 Å². The van der Waals surface area contributed by atoms with E-state index in [1.54, 1.807) is 18.2 Å². The molecule has 0 atom stereocenters. The van der Waals surface area contributed by atoms with Crippen LogP contribution in [0.3, 0.4) is 0 Å². The molecule has 0 fully saturated rings. The van der Waals surface area contributed by atoms with Crippen molar-refractivity contribution >= 4 is 17.6 Å². The fourth-order valence-electron chi connectivity index (χ4n) is 2.49. The van der Waals surface area contributed by atoms with E-state index in [1.165, 1.54) is 14.2 Å². The van der Waals surface area contributed by atoms with Crippen LogP contribution in [0.25, 0.3) is 0 Å². The van der Waals surface area contributed by atoms with Gasteiger partial charge in [-0.05, 0) is 50.1 Å². The zero-order valence-electron chi connectivity index (χ0n) is 15.6. The topological polar surface area (TPSA) is 73.9 Å². The Morgan fingerprint density at radius 1 is 0.962 bits per heavy atom. The Morgan fingerprint density at radius 3 is 2.15 bits per heavy atom. The number of anilines is 1. The summed E-state index contributed by atoms with van der Waals surface area (Å²) in [5.41, 5.74) is 3.77. The number of benzene rings is 2. The van der Waals surface area contributed by atoms with Gasteiger partial charge in [0, 0.05) is 11.3 Å². The zero-order valence-corrected chi connectivity index (χ0v) is 15.6. The highest BCUT2D eigenvalue weighted by molar-refractivity contribution is 5.96. The van der Waals surface area contributed by atoms with Crippen LogP contribution in [-0.2, 0) is 9.53 Å². The van der Waals surface area contributed by atoms with Crippen LogP contribution in [-0.4, -0.2) is 32.7 Å². The average molecular weight is 357 g/mol. The molecule has 0 spiro atoms. The van der Waals surface area contributed by atoms with Crippen molar-refractivity contribution in [3.8, 4) is 11.5 Å². The molecule has 0 bridgehead atoms. The minimum absolute atomic E-state index is 0.254. The molecular formula is C20H23NO5. The first-order chi connectivity index (χ1) is 12.4. The van der Waals surface area contributed by atoms with Gasteiger partial charge in [0.25, 0.3) is 5.91 Å². The Bertz CT molecular complexity index is 804. The van der Waals surface area contributed by atoms with Crippen LogP contribution in [0.4, 0.5) is 5.69 Å². The number of aryl methyl sites for hydroxylation is 1. The molecule has 6 heteroatoms. The smallest absolute Gasteiger partial charge is 0.338 e. The number of esters is 1. The quantitative estimate of drug-likeness (QED) is 0.802. The van der Waals surface area contributed by atoms with Gasteiger partial charge in [-0.3, -0.25) is 4.79 Å². The number of rotatable bonds is 6. The van der Waals surface area contributed by atoms with Crippen molar-refractivity contribution in [2.75, 3.05) is 26.1 Å². The molecule has 138 valence electrons. The maximum Gasteiger partial charge on any atom is 0.338 e. The molecule has 0 radical (unpaired) electrons. The first-order valence-corrected chi connectivity index (χ1v) is 8.13. The molecule has 0 unspecified atom stereocenters. The number of ether oxygens (including phenoxy) is 3. The summed E-state index contributed by atoms with van der Waals surface area (Å²) in [6, 6.07) is 8.74. The van der Waals surface area contributed by atoms with E-state index in [0.717, 1.165) is 16.7 Å². The van der Waals surface area contributed by atoms with Crippen molar-refractivity contribution < 1.29 is 23.8 Å². The molecule has 1 N–H and O–H groups in total. The number of hydrogen-bond acceptors (Lipinski definition) is 5. The largest absolute Gasteiger partial charge is 0.496 e. The SMILES string of the molecule is COc1cc(C(=O)OCC(=O)Nc2cccc(C)c2C)cc(OC)c1C. The molecule has 6 nitrogen and oxygen atoms in total. The van der Waals surface area contributed by atoms with Crippen molar-refractivity contribution in [1.82, 2.24) is 0 Å². The molecule has 2 aromatic carbocycles. The summed E-state index contributed by atoms with van der Waals surface area (Å²) >= 11 is 0. The summed E-state index contributed by atoms with van der Waals surface area (Å²) in [6.45, 7) is 5.32. The fraction of sp³-hybridized carbons (Fsp3) is 0.300. The summed E-state index contributed by atoms with van der Waals surface area (Å²) in [5.74, 6) is -0.0110. The van der Waals surface area contributed by atoms with Gasteiger partial charge in [0.1, 0.15) is 11.5 Å². The number of hydrogen-bond donors (Lipinski definition) is 1. The average Bonchev–Trinajstić information content (AvgIpc) is 2.63. The molecule has 0 saturated heterocycles. The minimum Gasteiger partial charge on any atom is -0.496 e. The van der Waals surface area contributed by atoms with E-state index in [4.69, 9.17) is 14.2 Å². The molecule has 0 saturated carbocycles. The van der Waals surface area contributed by atoms with Crippen LogP contribution in [0.15, 0.2) is 30.3 Å². The van der Waals surface area contributed by atoms with Gasteiger partial charge < -0.3 is 19.5 Å². The van der Waals surface area contributed by atoms with Crippen molar-refractivity contribution in [2.45, 2.75) is 20.8 Å².